The van der Waals surface area contributed by atoms with Crippen molar-refractivity contribution < 1.29 is 4.42 Å². The van der Waals surface area contributed by atoms with E-state index in [1.54, 1.807) is 0 Å². The smallest absolute Gasteiger partial charge is 0.160 e. The largest absolute Gasteiger partial charge is 0.455 e. The Kier molecular flexibility index (Phi) is 6.25. The Labute approximate surface area is 222 Å². The number of fused-ring (bicyclic) bond motifs is 3. The number of para-hydroxylation sites is 2. The van der Waals surface area contributed by atoms with Crippen LogP contribution in [0.1, 0.15) is 23.6 Å². The highest BCUT2D eigenvalue weighted by molar-refractivity contribution is 6.16. The van der Waals surface area contributed by atoms with Crippen molar-refractivity contribution >= 4 is 39.2 Å². The molecule has 0 fully saturated rings. The van der Waals surface area contributed by atoms with E-state index < -0.39 is 0 Å². The highest BCUT2D eigenvalue weighted by atomic mass is 16.3. The average molecular weight is 491 g/mol. The summed E-state index contributed by atoms with van der Waals surface area (Å²) in [5.41, 5.74) is 8.31. The Bertz CT molecular complexity index is 1830. The second kappa shape index (κ2) is 10.2. The maximum atomic E-state index is 6.35. The first-order valence-corrected chi connectivity index (χ1v) is 12.6. The van der Waals surface area contributed by atoms with E-state index in [0.717, 1.165) is 55.5 Å². The van der Waals surface area contributed by atoms with E-state index >= 15 is 0 Å². The van der Waals surface area contributed by atoms with Crippen molar-refractivity contribution in [2.24, 2.45) is 9.98 Å². The first kappa shape index (κ1) is 23.4. The predicted octanol–water partition coefficient (Wildman–Crippen LogP) is 9.18. The summed E-state index contributed by atoms with van der Waals surface area (Å²) in [5.74, 6) is 0.619. The SMILES string of the molecule is C=C(N=C(N=C(C)c1ccccc1-c1cccc2c1oc1ccccc12)c1ccccc1)c1ccccc1. The van der Waals surface area contributed by atoms with E-state index in [1.165, 1.54) is 0 Å². The molecule has 0 amide bonds. The molecule has 0 spiro atoms. The van der Waals surface area contributed by atoms with Gasteiger partial charge >= 0.3 is 0 Å². The Morgan fingerprint density at radius 3 is 1.97 bits per heavy atom. The summed E-state index contributed by atoms with van der Waals surface area (Å²) in [5, 5.41) is 2.22. The number of nitrogens with zero attached hydrogens (tertiary/aromatic N) is 2. The second-order valence-corrected chi connectivity index (χ2v) is 9.14. The lowest BCUT2D eigenvalue weighted by molar-refractivity contribution is 0.670. The number of hydrogen-bond acceptors (Lipinski definition) is 2. The molecule has 0 aliphatic carbocycles. The molecule has 1 aromatic heterocycles. The van der Waals surface area contributed by atoms with Crippen molar-refractivity contribution in [2.45, 2.75) is 6.92 Å². The normalized spacial score (nSPS) is 12.2. The molecule has 0 aliphatic heterocycles. The quantitative estimate of drug-likeness (QED) is 0.175. The van der Waals surface area contributed by atoms with E-state index in [0.29, 0.717) is 11.5 Å². The fraction of sp³-hybridized carbons (Fsp3) is 0.0286. The molecular formula is C35H26N2O. The van der Waals surface area contributed by atoms with Gasteiger partial charge in [0, 0.05) is 33.2 Å². The molecule has 5 aromatic carbocycles. The van der Waals surface area contributed by atoms with E-state index in [9.17, 15) is 0 Å². The van der Waals surface area contributed by atoms with Gasteiger partial charge in [-0.2, -0.15) is 0 Å². The minimum absolute atomic E-state index is 0.619. The monoisotopic (exact) mass is 490 g/mol. The maximum Gasteiger partial charge on any atom is 0.160 e. The topological polar surface area (TPSA) is 37.9 Å². The molecule has 0 bridgehead atoms. The summed E-state index contributed by atoms with van der Waals surface area (Å²) in [7, 11) is 0. The molecule has 0 atom stereocenters. The van der Waals surface area contributed by atoms with Crippen molar-refractivity contribution in [3.8, 4) is 11.1 Å². The zero-order valence-electron chi connectivity index (χ0n) is 21.1. The van der Waals surface area contributed by atoms with Crippen molar-refractivity contribution in [3.05, 3.63) is 151 Å². The van der Waals surface area contributed by atoms with Crippen molar-refractivity contribution in [3.63, 3.8) is 0 Å². The van der Waals surface area contributed by atoms with Gasteiger partial charge in [-0.3, -0.25) is 0 Å². The predicted molar refractivity (Wildman–Crippen MR) is 160 cm³/mol. The Hall–Kier alpha value is -5.02. The molecule has 0 radical (unpaired) electrons. The first-order chi connectivity index (χ1) is 18.7. The molecule has 0 saturated carbocycles. The molecule has 6 aromatic rings. The van der Waals surface area contributed by atoms with E-state index in [-0.39, 0.29) is 0 Å². The van der Waals surface area contributed by atoms with Crippen LogP contribution in [0.5, 0.6) is 0 Å². The van der Waals surface area contributed by atoms with Gasteiger partial charge in [0.25, 0.3) is 0 Å². The highest BCUT2D eigenvalue weighted by Crippen LogP contribution is 2.37. The van der Waals surface area contributed by atoms with Crippen LogP contribution in [0.15, 0.2) is 148 Å². The summed E-state index contributed by atoms with van der Waals surface area (Å²) < 4.78 is 6.35. The fourth-order valence-corrected chi connectivity index (χ4v) is 4.78. The van der Waals surface area contributed by atoms with Crippen molar-refractivity contribution in [1.82, 2.24) is 0 Å². The fourth-order valence-electron chi connectivity index (χ4n) is 4.78. The Morgan fingerprint density at radius 1 is 0.579 bits per heavy atom. The molecule has 3 heteroatoms. The number of hydrogen-bond donors (Lipinski definition) is 0. The summed E-state index contributed by atoms with van der Waals surface area (Å²) >= 11 is 0. The van der Waals surface area contributed by atoms with Crippen LogP contribution in [-0.4, -0.2) is 11.5 Å². The molecule has 0 unspecified atom stereocenters. The lowest BCUT2D eigenvalue weighted by atomic mass is 9.95. The molecule has 0 aliphatic rings. The van der Waals surface area contributed by atoms with Crippen LogP contribution in [0.25, 0.3) is 38.8 Å². The molecular weight excluding hydrogens is 464 g/mol. The number of furan rings is 1. The summed E-state index contributed by atoms with van der Waals surface area (Å²) in [6.45, 7) is 6.25. The molecule has 0 saturated heterocycles. The minimum Gasteiger partial charge on any atom is -0.455 e. The molecule has 1 heterocycles. The zero-order chi connectivity index (χ0) is 25.9. The molecule has 182 valence electrons. The number of benzene rings is 5. The second-order valence-electron chi connectivity index (χ2n) is 9.14. The van der Waals surface area contributed by atoms with Gasteiger partial charge in [-0.15, -0.1) is 0 Å². The van der Waals surface area contributed by atoms with Crippen LogP contribution < -0.4 is 0 Å². The van der Waals surface area contributed by atoms with Crippen LogP contribution in [0.2, 0.25) is 0 Å². The number of aliphatic imine (C=N–C) groups is 2. The van der Waals surface area contributed by atoms with Crippen molar-refractivity contribution in [1.29, 1.82) is 0 Å². The third-order valence-corrected chi connectivity index (χ3v) is 6.66. The number of rotatable bonds is 5. The van der Waals surface area contributed by atoms with Gasteiger partial charge in [0.2, 0.25) is 0 Å². The first-order valence-electron chi connectivity index (χ1n) is 12.6. The Balaban J connectivity index is 1.49. The van der Waals surface area contributed by atoms with Gasteiger partial charge < -0.3 is 4.42 Å². The molecule has 38 heavy (non-hydrogen) atoms. The highest BCUT2D eigenvalue weighted by Gasteiger charge is 2.16. The molecule has 6 rings (SSSR count). The van der Waals surface area contributed by atoms with Crippen LogP contribution in [-0.2, 0) is 0 Å². The molecule has 0 N–H and O–H groups in total. The standard InChI is InChI=1S/C35H26N2O/c1-24(26-14-5-3-6-15-26)36-35(27-16-7-4-8-17-27)37-25(2)28-18-9-10-19-29(28)31-21-13-22-32-30-20-11-12-23-33(30)38-34(31)32/h3-23H,1H2,2H3. The van der Waals surface area contributed by atoms with E-state index in [2.05, 4.69) is 49.0 Å². The number of amidine groups is 1. The summed E-state index contributed by atoms with van der Waals surface area (Å²) in [4.78, 5) is 9.95. The third-order valence-electron chi connectivity index (χ3n) is 6.66. The van der Waals surface area contributed by atoms with Crippen LogP contribution in [0.4, 0.5) is 0 Å². The van der Waals surface area contributed by atoms with Gasteiger partial charge in [-0.1, -0.05) is 128 Å². The lowest BCUT2D eigenvalue weighted by Gasteiger charge is -2.11. The minimum atomic E-state index is 0.619. The van der Waals surface area contributed by atoms with Gasteiger partial charge in [0.1, 0.15) is 11.2 Å². The summed E-state index contributed by atoms with van der Waals surface area (Å²) in [6.07, 6.45) is 0. The van der Waals surface area contributed by atoms with Gasteiger partial charge in [-0.25, -0.2) is 9.98 Å². The summed E-state index contributed by atoms with van der Waals surface area (Å²) in [6, 6.07) is 42.8. The van der Waals surface area contributed by atoms with Gasteiger partial charge in [0.15, 0.2) is 5.84 Å². The third kappa shape index (κ3) is 4.46. The van der Waals surface area contributed by atoms with E-state index in [4.69, 9.17) is 14.4 Å². The lowest BCUT2D eigenvalue weighted by Crippen LogP contribution is -2.05. The van der Waals surface area contributed by atoms with E-state index in [1.807, 2.05) is 91.9 Å². The van der Waals surface area contributed by atoms with Crippen LogP contribution in [0, 0.1) is 0 Å². The molecule has 3 nitrogen and oxygen atoms in total. The average Bonchev–Trinajstić information content (AvgIpc) is 3.36. The zero-order valence-corrected chi connectivity index (χ0v) is 21.1. The van der Waals surface area contributed by atoms with Gasteiger partial charge in [-0.05, 0) is 24.1 Å². The van der Waals surface area contributed by atoms with Crippen LogP contribution >= 0.6 is 0 Å². The Morgan fingerprint density at radius 2 is 1.18 bits per heavy atom. The van der Waals surface area contributed by atoms with Crippen LogP contribution in [0.3, 0.4) is 0 Å². The van der Waals surface area contributed by atoms with Crippen molar-refractivity contribution in [2.75, 3.05) is 0 Å². The maximum absolute atomic E-state index is 6.35. The van der Waals surface area contributed by atoms with Gasteiger partial charge in [0.05, 0.1) is 5.70 Å².